The van der Waals surface area contributed by atoms with Crippen molar-refractivity contribution < 1.29 is 14.3 Å². The summed E-state index contributed by atoms with van der Waals surface area (Å²) in [5, 5.41) is 5.67. The molecule has 6 nitrogen and oxygen atoms in total. The average Bonchev–Trinajstić information content (AvgIpc) is 2.75. The Kier molecular flexibility index (Phi) is 6.34. The Morgan fingerprint density at radius 1 is 1.13 bits per heavy atom. The van der Waals surface area contributed by atoms with E-state index in [1.807, 2.05) is 56.0 Å². The number of nitrogens with zero attached hydrogens (tertiary/aromatic N) is 1. The summed E-state index contributed by atoms with van der Waals surface area (Å²) < 4.78 is 5.99. The normalized spacial score (nSPS) is 15.3. The van der Waals surface area contributed by atoms with E-state index in [2.05, 4.69) is 24.5 Å². The van der Waals surface area contributed by atoms with E-state index >= 15 is 0 Å². The molecule has 0 bridgehead atoms. The molecule has 6 heteroatoms. The van der Waals surface area contributed by atoms with E-state index in [9.17, 15) is 9.59 Å². The number of anilines is 3. The number of hydrogen-bond acceptors (Lipinski definition) is 3. The molecular weight excluding hydrogens is 378 g/mol. The number of benzene rings is 2. The first-order valence-electron chi connectivity index (χ1n) is 10.4. The van der Waals surface area contributed by atoms with E-state index in [0.29, 0.717) is 23.9 Å². The average molecular weight is 410 g/mol. The van der Waals surface area contributed by atoms with Crippen LogP contribution in [0, 0.1) is 18.3 Å². The Balaban J connectivity index is 1.80. The third-order valence-electron chi connectivity index (χ3n) is 5.13. The van der Waals surface area contributed by atoms with Crippen LogP contribution in [0.15, 0.2) is 42.5 Å². The van der Waals surface area contributed by atoms with Crippen molar-refractivity contribution >= 4 is 29.0 Å². The molecule has 0 atom stereocenters. The maximum atomic E-state index is 13.1. The lowest BCUT2D eigenvalue weighted by Crippen LogP contribution is -2.42. The molecule has 0 saturated carbocycles. The van der Waals surface area contributed by atoms with E-state index in [-0.39, 0.29) is 18.5 Å². The van der Waals surface area contributed by atoms with Gasteiger partial charge in [-0.3, -0.25) is 4.79 Å². The number of carbonyl (C=O) groups is 2. The second kappa shape index (κ2) is 8.78. The summed E-state index contributed by atoms with van der Waals surface area (Å²) in [5.74, 6) is 1.14. The van der Waals surface area contributed by atoms with Gasteiger partial charge in [-0.15, -0.1) is 0 Å². The summed E-state index contributed by atoms with van der Waals surface area (Å²) in [6, 6.07) is 12.7. The molecular formula is C24H31N3O3. The predicted molar refractivity (Wildman–Crippen MR) is 121 cm³/mol. The number of amides is 3. The van der Waals surface area contributed by atoms with E-state index in [1.165, 1.54) is 0 Å². The van der Waals surface area contributed by atoms with Crippen LogP contribution >= 0.6 is 0 Å². The van der Waals surface area contributed by atoms with Gasteiger partial charge in [0.1, 0.15) is 12.4 Å². The maximum absolute atomic E-state index is 13.1. The van der Waals surface area contributed by atoms with E-state index in [0.717, 1.165) is 23.4 Å². The Labute approximate surface area is 178 Å². The van der Waals surface area contributed by atoms with Gasteiger partial charge in [-0.05, 0) is 62.9 Å². The zero-order valence-electron chi connectivity index (χ0n) is 18.4. The van der Waals surface area contributed by atoms with Crippen molar-refractivity contribution in [2.75, 3.05) is 28.7 Å². The highest BCUT2D eigenvalue weighted by atomic mass is 16.5. The van der Waals surface area contributed by atoms with Gasteiger partial charge in [-0.25, -0.2) is 4.79 Å². The highest BCUT2D eigenvalue weighted by Crippen LogP contribution is 2.38. The number of carbonyl (C=O) groups excluding carboxylic acids is 2. The number of ether oxygens (including phenoxy) is 1. The molecule has 2 N–H and O–H groups in total. The SMILES string of the molecule is Cc1cccc(NC(=O)Nc2ccc3c(c2)OCC(C)(C)C(=O)N3CCC(C)C)c1. The van der Waals surface area contributed by atoms with Gasteiger partial charge in [-0.2, -0.15) is 0 Å². The zero-order valence-corrected chi connectivity index (χ0v) is 18.4. The standard InChI is InChI=1S/C24H31N3O3/c1-16(2)11-12-27-20-10-9-19(14-21(20)30-15-24(4,5)22(27)28)26-23(29)25-18-8-6-7-17(3)13-18/h6-10,13-14,16H,11-12,15H2,1-5H3,(H2,25,26,29). The molecule has 0 spiro atoms. The van der Waals surface area contributed by atoms with Crippen LogP contribution in [0.3, 0.4) is 0 Å². The molecule has 0 radical (unpaired) electrons. The van der Waals surface area contributed by atoms with Crippen LogP contribution in [0.1, 0.15) is 39.7 Å². The van der Waals surface area contributed by atoms with Gasteiger partial charge in [-0.1, -0.05) is 26.0 Å². The zero-order chi connectivity index (χ0) is 21.9. The number of fused-ring (bicyclic) bond motifs is 1. The van der Waals surface area contributed by atoms with Crippen LogP contribution in [0.25, 0.3) is 0 Å². The Bertz CT molecular complexity index is 937. The topological polar surface area (TPSA) is 70.7 Å². The van der Waals surface area contributed by atoms with Crippen LogP contribution in [0.2, 0.25) is 0 Å². The Morgan fingerprint density at radius 2 is 1.83 bits per heavy atom. The van der Waals surface area contributed by atoms with Gasteiger partial charge in [0.05, 0.1) is 11.1 Å². The van der Waals surface area contributed by atoms with Crippen molar-refractivity contribution in [1.82, 2.24) is 0 Å². The van der Waals surface area contributed by atoms with E-state index in [4.69, 9.17) is 4.74 Å². The highest BCUT2D eigenvalue weighted by molar-refractivity contribution is 6.02. The lowest BCUT2D eigenvalue weighted by Gasteiger charge is -2.28. The third-order valence-corrected chi connectivity index (χ3v) is 5.13. The van der Waals surface area contributed by atoms with Crippen molar-refractivity contribution in [2.24, 2.45) is 11.3 Å². The molecule has 2 aromatic rings. The van der Waals surface area contributed by atoms with Gasteiger partial charge < -0.3 is 20.3 Å². The Morgan fingerprint density at radius 3 is 2.50 bits per heavy atom. The fourth-order valence-corrected chi connectivity index (χ4v) is 3.35. The summed E-state index contributed by atoms with van der Waals surface area (Å²) in [6.45, 7) is 11.0. The van der Waals surface area contributed by atoms with Gasteiger partial charge in [0, 0.05) is 24.0 Å². The number of aryl methyl sites for hydroxylation is 1. The van der Waals surface area contributed by atoms with Gasteiger partial charge in [0.25, 0.3) is 0 Å². The highest BCUT2D eigenvalue weighted by Gasteiger charge is 2.37. The fourth-order valence-electron chi connectivity index (χ4n) is 3.35. The molecule has 1 heterocycles. The van der Waals surface area contributed by atoms with Crippen LogP contribution in [0.4, 0.5) is 21.9 Å². The monoisotopic (exact) mass is 409 g/mol. The van der Waals surface area contributed by atoms with Gasteiger partial charge >= 0.3 is 6.03 Å². The van der Waals surface area contributed by atoms with Crippen molar-refractivity contribution in [2.45, 2.75) is 41.0 Å². The molecule has 2 aromatic carbocycles. The fraction of sp³-hybridized carbons (Fsp3) is 0.417. The smallest absolute Gasteiger partial charge is 0.323 e. The second-order valence-electron chi connectivity index (χ2n) is 8.94. The molecule has 160 valence electrons. The number of hydrogen-bond donors (Lipinski definition) is 2. The lowest BCUT2D eigenvalue weighted by atomic mass is 9.92. The largest absolute Gasteiger partial charge is 0.490 e. The summed E-state index contributed by atoms with van der Waals surface area (Å²) in [6.07, 6.45) is 0.903. The molecule has 0 aromatic heterocycles. The van der Waals surface area contributed by atoms with E-state index < -0.39 is 5.41 Å². The molecule has 3 amide bonds. The first kappa shape index (κ1) is 21.7. The number of rotatable bonds is 5. The quantitative estimate of drug-likeness (QED) is 0.691. The van der Waals surface area contributed by atoms with Crippen molar-refractivity contribution in [3.63, 3.8) is 0 Å². The van der Waals surface area contributed by atoms with Gasteiger partial charge in [0.2, 0.25) is 5.91 Å². The van der Waals surface area contributed by atoms with Gasteiger partial charge in [0.15, 0.2) is 0 Å². The minimum Gasteiger partial charge on any atom is -0.490 e. The van der Waals surface area contributed by atoms with E-state index in [1.54, 1.807) is 12.1 Å². The predicted octanol–water partition coefficient (Wildman–Crippen LogP) is 5.44. The maximum Gasteiger partial charge on any atom is 0.323 e. The van der Waals surface area contributed by atoms with Crippen molar-refractivity contribution in [3.05, 3.63) is 48.0 Å². The van der Waals surface area contributed by atoms with Crippen LogP contribution < -0.4 is 20.3 Å². The minimum absolute atomic E-state index is 0.0554. The summed E-state index contributed by atoms with van der Waals surface area (Å²) in [5.41, 5.74) is 2.53. The van der Waals surface area contributed by atoms with Crippen LogP contribution in [-0.2, 0) is 4.79 Å². The summed E-state index contributed by atoms with van der Waals surface area (Å²) in [7, 11) is 0. The number of urea groups is 1. The molecule has 3 rings (SSSR count). The summed E-state index contributed by atoms with van der Waals surface area (Å²) >= 11 is 0. The third kappa shape index (κ3) is 5.12. The first-order valence-corrected chi connectivity index (χ1v) is 10.4. The molecule has 30 heavy (non-hydrogen) atoms. The molecule has 1 aliphatic rings. The molecule has 0 saturated heterocycles. The first-order chi connectivity index (χ1) is 14.2. The van der Waals surface area contributed by atoms with Crippen LogP contribution in [-0.4, -0.2) is 25.1 Å². The second-order valence-corrected chi connectivity index (χ2v) is 8.94. The van der Waals surface area contributed by atoms with Crippen molar-refractivity contribution in [1.29, 1.82) is 0 Å². The Hall–Kier alpha value is -3.02. The lowest BCUT2D eigenvalue weighted by molar-refractivity contribution is -0.127. The van der Waals surface area contributed by atoms with Crippen LogP contribution in [0.5, 0.6) is 5.75 Å². The van der Waals surface area contributed by atoms with Crippen molar-refractivity contribution in [3.8, 4) is 5.75 Å². The molecule has 0 aliphatic carbocycles. The molecule has 0 fully saturated rings. The minimum atomic E-state index is -0.619. The summed E-state index contributed by atoms with van der Waals surface area (Å²) in [4.78, 5) is 27.3. The molecule has 0 unspecified atom stereocenters. The molecule has 1 aliphatic heterocycles. The number of nitrogens with one attached hydrogen (secondary N) is 2.